The molecule has 1 atom stereocenters. The van der Waals surface area contributed by atoms with Gasteiger partial charge in [-0.15, -0.1) is 0 Å². The van der Waals surface area contributed by atoms with Crippen molar-refractivity contribution in [2.24, 2.45) is 0 Å². The molecular weight excluding hydrogens is 164 g/mol. The van der Waals surface area contributed by atoms with E-state index in [0.29, 0.717) is 12.6 Å². The predicted molar refractivity (Wildman–Crippen MR) is 51.3 cm³/mol. The quantitative estimate of drug-likeness (QED) is 0.727. The van der Waals surface area contributed by atoms with Crippen LogP contribution < -0.4 is 0 Å². The number of hydrogen-bond donors (Lipinski definition) is 2. The van der Waals surface area contributed by atoms with E-state index in [-0.39, 0.29) is 0 Å². The molecule has 1 aliphatic heterocycles. The molecule has 0 saturated carbocycles. The number of aliphatic hydroxyl groups is 1. The summed E-state index contributed by atoms with van der Waals surface area (Å²) in [5.41, 5.74) is 1.31. The van der Waals surface area contributed by atoms with Crippen LogP contribution in [0.25, 0.3) is 0 Å². The highest BCUT2D eigenvalue weighted by molar-refractivity contribution is 5.08. The standard InChI is InChI=1S/C10H16N2O/c13-8-10-2-1-5-12(10)7-9-3-4-11-6-9/h3-4,6,10-11,13H,1-2,5,7-8H2/t10-/m1/s1. The number of aromatic amines is 1. The van der Waals surface area contributed by atoms with Gasteiger partial charge in [-0.05, 0) is 31.0 Å². The summed E-state index contributed by atoms with van der Waals surface area (Å²) in [5.74, 6) is 0. The molecule has 13 heavy (non-hydrogen) atoms. The summed E-state index contributed by atoms with van der Waals surface area (Å²) in [6, 6.07) is 2.47. The van der Waals surface area contributed by atoms with Crippen molar-refractivity contribution < 1.29 is 5.11 Å². The van der Waals surface area contributed by atoms with Crippen LogP contribution in [-0.4, -0.2) is 34.2 Å². The van der Waals surface area contributed by atoms with Crippen molar-refractivity contribution in [2.75, 3.05) is 13.2 Å². The Morgan fingerprint density at radius 3 is 3.23 bits per heavy atom. The number of nitrogens with zero attached hydrogens (tertiary/aromatic N) is 1. The van der Waals surface area contributed by atoms with E-state index < -0.39 is 0 Å². The van der Waals surface area contributed by atoms with Crippen molar-refractivity contribution in [2.45, 2.75) is 25.4 Å². The van der Waals surface area contributed by atoms with Gasteiger partial charge in [-0.2, -0.15) is 0 Å². The van der Waals surface area contributed by atoms with Gasteiger partial charge in [-0.1, -0.05) is 0 Å². The average Bonchev–Trinajstić information content (AvgIpc) is 2.76. The highest BCUT2D eigenvalue weighted by Crippen LogP contribution is 2.19. The fraction of sp³-hybridized carbons (Fsp3) is 0.600. The van der Waals surface area contributed by atoms with Gasteiger partial charge in [-0.3, -0.25) is 4.90 Å². The lowest BCUT2D eigenvalue weighted by Crippen LogP contribution is -2.31. The minimum Gasteiger partial charge on any atom is -0.395 e. The zero-order valence-corrected chi connectivity index (χ0v) is 7.74. The van der Waals surface area contributed by atoms with Gasteiger partial charge in [0.15, 0.2) is 0 Å². The van der Waals surface area contributed by atoms with Crippen molar-refractivity contribution in [3.8, 4) is 0 Å². The molecule has 0 unspecified atom stereocenters. The van der Waals surface area contributed by atoms with E-state index in [2.05, 4.69) is 16.0 Å². The van der Waals surface area contributed by atoms with E-state index in [9.17, 15) is 0 Å². The third kappa shape index (κ3) is 1.92. The Morgan fingerprint density at radius 2 is 2.54 bits per heavy atom. The summed E-state index contributed by atoms with van der Waals surface area (Å²) < 4.78 is 0. The van der Waals surface area contributed by atoms with Crippen molar-refractivity contribution in [1.82, 2.24) is 9.88 Å². The van der Waals surface area contributed by atoms with Gasteiger partial charge in [0.1, 0.15) is 0 Å². The molecule has 3 heteroatoms. The van der Waals surface area contributed by atoms with Crippen molar-refractivity contribution in [3.63, 3.8) is 0 Å². The predicted octanol–water partition coefficient (Wildman–Crippen LogP) is 0.971. The molecule has 2 N–H and O–H groups in total. The van der Waals surface area contributed by atoms with Gasteiger partial charge in [-0.25, -0.2) is 0 Å². The lowest BCUT2D eigenvalue weighted by atomic mass is 10.2. The van der Waals surface area contributed by atoms with Crippen LogP contribution in [0.5, 0.6) is 0 Å². The molecule has 0 spiro atoms. The Kier molecular flexibility index (Phi) is 2.66. The first-order chi connectivity index (χ1) is 6.40. The summed E-state index contributed by atoms with van der Waals surface area (Å²) in [7, 11) is 0. The molecule has 3 nitrogen and oxygen atoms in total. The van der Waals surface area contributed by atoms with Gasteiger partial charge in [0.05, 0.1) is 6.61 Å². The van der Waals surface area contributed by atoms with Crippen molar-refractivity contribution >= 4 is 0 Å². The molecule has 1 aliphatic rings. The second kappa shape index (κ2) is 3.94. The van der Waals surface area contributed by atoms with E-state index in [1.165, 1.54) is 12.0 Å². The van der Waals surface area contributed by atoms with E-state index in [4.69, 9.17) is 5.11 Å². The first-order valence-corrected chi connectivity index (χ1v) is 4.86. The van der Waals surface area contributed by atoms with Gasteiger partial charge in [0.2, 0.25) is 0 Å². The van der Waals surface area contributed by atoms with E-state index in [0.717, 1.165) is 19.5 Å². The first-order valence-electron chi connectivity index (χ1n) is 4.86. The Morgan fingerprint density at radius 1 is 1.62 bits per heavy atom. The fourth-order valence-corrected chi connectivity index (χ4v) is 2.00. The summed E-state index contributed by atoms with van der Waals surface area (Å²) in [5, 5.41) is 9.12. The van der Waals surface area contributed by atoms with Crippen LogP contribution in [0.15, 0.2) is 18.5 Å². The Balaban J connectivity index is 1.94. The number of nitrogens with one attached hydrogen (secondary N) is 1. The monoisotopic (exact) mass is 180 g/mol. The van der Waals surface area contributed by atoms with Gasteiger partial charge >= 0.3 is 0 Å². The van der Waals surface area contributed by atoms with Crippen LogP contribution in [-0.2, 0) is 6.54 Å². The van der Waals surface area contributed by atoms with E-state index in [1.807, 2.05) is 12.4 Å². The molecule has 2 heterocycles. The van der Waals surface area contributed by atoms with Crippen molar-refractivity contribution in [1.29, 1.82) is 0 Å². The average molecular weight is 180 g/mol. The summed E-state index contributed by atoms with van der Waals surface area (Å²) in [6.45, 7) is 2.38. The number of aromatic nitrogens is 1. The van der Waals surface area contributed by atoms with Crippen LogP contribution in [0.4, 0.5) is 0 Å². The van der Waals surface area contributed by atoms with Crippen LogP contribution >= 0.6 is 0 Å². The minimum absolute atomic E-state index is 0.296. The summed E-state index contributed by atoms with van der Waals surface area (Å²) >= 11 is 0. The number of likely N-dealkylation sites (tertiary alicyclic amines) is 1. The Bertz CT molecular complexity index is 245. The van der Waals surface area contributed by atoms with Gasteiger partial charge in [0.25, 0.3) is 0 Å². The molecule has 72 valence electrons. The molecule has 1 saturated heterocycles. The molecule has 1 fully saturated rings. The largest absolute Gasteiger partial charge is 0.395 e. The number of aliphatic hydroxyl groups excluding tert-OH is 1. The zero-order valence-electron chi connectivity index (χ0n) is 7.74. The molecule has 0 bridgehead atoms. The highest BCUT2D eigenvalue weighted by Gasteiger charge is 2.23. The summed E-state index contributed by atoms with van der Waals surface area (Å²) in [6.07, 6.45) is 6.32. The third-order valence-electron chi connectivity index (χ3n) is 2.76. The lowest BCUT2D eigenvalue weighted by Gasteiger charge is -2.21. The van der Waals surface area contributed by atoms with Gasteiger partial charge < -0.3 is 10.1 Å². The van der Waals surface area contributed by atoms with Gasteiger partial charge in [0, 0.05) is 25.0 Å². The molecule has 0 amide bonds. The Labute approximate surface area is 78.4 Å². The molecular formula is C10H16N2O. The fourth-order valence-electron chi connectivity index (χ4n) is 2.00. The molecule has 0 radical (unpaired) electrons. The molecule has 1 aromatic heterocycles. The molecule has 1 aromatic rings. The SMILES string of the molecule is OC[C@H]1CCCN1Cc1cc[nH]c1. The van der Waals surface area contributed by atoms with Crippen LogP contribution in [0.1, 0.15) is 18.4 Å². The highest BCUT2D eigenvalue weighted by atomic mass is 16.3. The van der Waals surface area contributed by atoms with Crippen LogP contribution in [0.2, 0.25) is 0 Å². The number of hydrogen-bond acceptors (Lipinski definition) is 2. The summed E-state index contributed by atoms with van der Waals surface area (Å²) in [4.78, 5) is 5.40. The third-order valence-corrected chi connectivity index (χ3v) is 2.76. The van der Waals surface area contributed by atoms with Crippen LogP contribution in [0.3, 0.4) is 0 Å². The topological polar surface area (TPSA) is 39.3 Å². The zero-order chi connectivity index (χ0) is 9.10. The molecule has 2 rings (SSSR count). The first kappa shape index (κ1) is 8.78. The molecule has 0 aliphatic carbocycles. The maximum Gasteiger partial charge on any atom is 0.0587 e. The second-order valence-electron chi connectivity index (χ2n) is 3.67. The maximum absolute atomic E-state index is 9.12. The maximum atomic E-state index is 9.12. The van der Waals surface area contributed by atoms with Crippen molar-refractivity contribution in [3.05, 3.63) is 24.0 Å². The van der Waals surface area contributed by atoms with Crippen LogP contribution in [0, 0.1) is 0 Å². The number of rotatable bonds is 3. The Hall–Kier alpha value is -0.800. The molecule has 0 aromatic carbocycles. The smallest absolute Gasteiger partial charge is 0.0587 e. The normalized spacial score (nSPS) is 23.9. The number of H-pyrrole nitrogens is 1. The minimum atomic E-state index is 0.296. The second-order valence-corrected chi connectivity index (χ2v) is 3.67. The van der Waals surface area contributed by atoms with E-state index >= 15 is 0 Å². The van der Waals surface area contributed by atoms with E-state index in [1.54, 1.807) is 0 Å². The lowest BCUT2D eigenvalue weighted by molar-refractivity contribution is 0.153.